The molecular formula is C12H20N2O5. The minimum absolute atomic E-state index is 0.0227. The van der Waals surface area contributed by atoms with Crippen LogP contribution in [0.4, 0.5) is 0 Å². The van der Waals surface area contributed by atoms with Crippen LogP contribution < -0.4 is 10.6 Å². The summed E-state index contributed by atoms with van der Waals surface area (Å²) in [6.07, 6.45) is 0.869. The Morgan fingerprint density at radius 1 is 1.47 bits per heavy atom. The third-order valence-corrected chi connectivity index (χ3v) is 3.29. The summed E-state index contributed by atoms with van der Waals surface area (Å²) >= 11 is 0. The van der Waals surface area contributed by atoms with E-state index in [1.54, 1.807) is 0 Å². The number of nitrogens with one attached hydrogen (secondary N) is 2. The molecule has 3 atom stereocenters. The predicted octanol–water partition coefficient (Wildman–Crippen LogP) is -0.493. The number of hydrogen-bond acceptors (Lipinski definition) is 5. The number of esters is 1. The van der Waals surface area contributed by atoms with Gasteiger partial charge >= 0.3 is 11.9 Å². The molecule has 1 fully saturated rings. The molecule has 1 saturated heterocycles. The number of hydrogen-bond donors (Lipinski definition) is 3. The molecule has 1 amide bonds. The Hall–Kier alpha value is -1.63. The SMILES string of the molecule is COC(=O)CC[C@H](NC(=O)C1NCCC1C)C(=O)O. The number of carboxylic acid groups (broad SMARTS) is 1. The molecule has 1 heterocycles. The van der Waals surface area contributed by atoms with Gasteiger partial charge in [-0.2, -0.15) is 0 Å². The summed E-state index contributed by atoms with van der Waals surface area (Å²) in [7, 11) is 1.24. The second-order valence-electron chi connectivity index (χ2n) is 4.71. The van der Waals surface area contributed by atoms with E-state index in [0.717, 1.165) is 13.0 Å². The summed E-state index contributed by atoms with van der Waals surface area (Å²) in [6, 6.07) is -1.43. The maximum Gasteiger partial charge on any atom is 0.326 e. The molecule has 2 unspecified atom stereocenters. The Bertz CT molecular complexity index is 358. The van der Waals surface area contributed by atoms with Crippen LogP contribution in [0.3, 0.4) is 0 Å². The Morgan fingerprint density at radius 3 is 2.63 bits per heavy atom. The summed E-state index contributed by atoms with van der Waals surface area (Å²) in [4.78, 5) is 34.0. The van der Waals surface area contributed by atoms with E-state index < -0.39 is 18.0 Å². The van der Waals surface area contributed by atoms with Gasteiger partial charge in [0, 0.05) is 6.42 Å². The van der Waals surface area contributed by atoms with Crippen LogP contribution in [-0.2, 0) is 19.1 Å². The van der Waals surface area contributed by atoms with E-state index >= 15 is 0 Å². The topological polar surface area (TPSA) is 105 Å². The van der Waals surface area contributed by atoms with Gasteiger partial charge in [-0.1, -0.05) is 6.92 Å². The Labute approximate surface area is 111 Å². The van der Waals surface area contributed by atoms with E-state index in [1.807, 2.05) is 6.92 Å². The molecule has 1 aliphatic heterocycles. The van der Waals surface area contributed by atoms with E-state index in [1.165, 1.54) is 7.11 Å². The first kappa shape index (κ1) is 15.4. The fraction of sp³-hybridized carbons (Fsp3) is 0.750. The molecule has 19 heavy (non-hydrogen) atoms. The maximum atomic E-state index is 11.9. The molecule has 0 aromatic rings. The number of methoxy groups -OCH3 is 1. The first-order chi connectivity index (χ1) is 8.95. The van der Waals surface area contributed by atoms with Crippen LogP contribution in [0.25, 0.3) is 0 Å². The zero-order valence-corrected chi connectivity index (χ0v) is 11.1. The number of aliphatic carboxylic acids is 1. The molecule has 0 saturated carbocycles. The molecule has 0 radical (unpaired) electrons. The van der Waals surface area contributed by atoms with Gasteiger partial charge in [0.2, 0.25) is 5.91 Å². The molecule has 7 nitrogen and oxygen atoms in total. The second kappa shape index (κ2) is 7.08. The van der Waals surface area contributed by atoms with Gasteiger partial charge in [0.15, 0.2) is 0 Å². The van der Waals surface area contributed by atoms with E-state index in [0.29, 0.717) is 0 Å². The lowest BCUT2D eigenvalue weighted by Gasteiger charge is -2.19. The Balaban J connectivity index is 2.51. The van der Waals surface area contributed by atoms with Crippen LogP contribution in [0.1, 0.15) is 26.2 Å². The van der Waals surface area contributed by atoms with Crippen LogP contribution in [0.2, 0.25) is 0 Å². The van der Waals surface area contributed by atoms with Crippen molar-refractivity contribution in [3.05, 3.63) is 0 Å². The molecule has 7 heteroatoms. The normalized spacial score (nSPS) is 23.7. The lowest BCUT2D eigenvalue weighted by Crippen LogP contribution is -2.50. The highest BCUT2D eigenvalue weighted by Crippen LogP contribution is 2.14. The number of amides is 1. The van der Waals surface area contributed by atoms with Crippen LogP contribution in [-0.4, -0.2) is 48.7 Å². The first-order valence-electron chi connectivity index (χ1n) is 6.29. The minimum atomic E-state index is -1.15. The van der Waals surface area contributed by atoms with Gasteiger partial charge in [-0.05, 0) is 25.3 Å². The monoisotopic (exact) mass is 272 g/mol. The van der Waals surface area contributed by atoms with Gasteiger partial charge in [-0.3, -0.25) is 9.59 Å². The van der Waals surface area contributed by atoms with E-state index in [2.05, 4.69) is 15.4 Å². The summed E-state index contributed by atoms with van der Waals surface area (Å²) in [5.41, 5.74) is 0. The lowest BCUT2D eigenvalue weighted by molar-refractivity contribution is -0.144. The van der Waals surface area contributed by atoms with Crippen molar-refractivity contribution in [1.82, 2.24) is 10.6 Å². The van der Waals surface area contributed by atoms with E-state index in [-0.39, 0.29) is 30.7 Å². The Morgan fingerprint density at radius 2 is 2.16 bits per heavy atom. The fourth-order valence-electron chi connectivity index (χ4n) is 2.07. The second-order valence-corrected chi connectivity index (χ2v) is 4.71. The summed E-state index contributed by atoms with van der Waals surface area (Å²) < 4.78 is 4.45. The van der Waals surface area contributed by atoms with Gasteiger partial charge in [-0.25, -0.2) is 4.79 Å². The van der Waals surface area contributed by atoms with Crippen molar-refractivity contribution < 1.29 is 24.2 Å². The van der Waals surface area contributed by atoms with Gasteiger partial charge in [0.05, 0.1) is 13.2 Å². The smallest absolute Gasteiger partial charge is 0.326 e. The van der Waals surface area contributed by atoms with Crippen molar-refractivity contribution in [3.63, 3.8) is 0 Å². The van der Waals surface area contributed by atoms with Gasteiger partial charge in [0.25, 0.3) is 0 Å². The third-order valence-electron chi connectivity index (χ3n) is 3.29. The lowest BCUT2D eigenvalue weighted by atomic mass is 10.0. The average molecular weight is 272 g/mol. The highest BCUT2D eigenvalue weighted by Gasteiger charge is 2.32. The van der Waals surface area contributed by atoms with Crippen molar-refractivity contribution >= 4 is 17.8 Å². The predicted molar refractivity (Wildman–Crippen MR) is 66.4 cm³/mol. The zero-order valence-electron chi connectivity index (χ0n) is 11.1. The molecule has 0 aromatic heterocycles. The van der Waals surface area contributed by atoms with Gasteiger partial charge < -0.3 is 20.5 Å². The standard InChI is InChI=1S/C12H20N2O5/c1-7-5-6-13-10(7)11(16)14-8(12(17)18)3-4-9(15)19-2/h7-8,10,13H,3-6H2,1-2H3,(H,14,16)(H,17,18)/t7?,8-,10?/m0/s1. The largest absolute Gasteiger partial charge is 0.480 e. The van der Waals surface area contributed by atoms with Crippen molar-refractivity contribution in [2.45, 2.75) is 38.3 Å². The molecule has 0 aliphatic carbocycles. The number of ether oxygens (including phenoxy) is 1. The first-order valence-corrected chi connectivity index (χ1v) is 6.29. The van der Waals surface area contributed by atoms with E-state index in [4.69, 9.17) is 5.11 Å². The summed E-state index contributed by atoms with van der Waals surface area (Å²) in [5, 5.41) is 14.5. The number of carbonyl (C=O) groups is 3. The molecule has 108 valence electrons. The van der Waals surface area contributed by atoms with Crippen molar-refractivity contribution in [2.75, 3.05) is 13.7 Å². The highest BCUT2D eigenvalue weighted by atomic mass is 16.5. The van der Waals surface area contributed by atoms with Crippen LogP contribution >= 0.6 is 0 Å². The molecule has 1 aliphatic rings. The van der Waals surface area contributed by atoms with Crippen LogP contribution in [0.15, 0.2) is 0 Å². The number of carboxylic acids is 1. The maximum absolute atomic E-state index is 11.9. The molecule has 0 spiro atoms. The summed E-state index contributed by atoms with van der Waals surface area (Å²) in [5.74, 6) is -1.80. The van der Waals surface area contributed by atoms with Gasteiger partial charge in [-0.15, -0.1) is 0 Å². The molecular weight excluding hydrogens is 252 g/mol. The number of rotatable bonds is 6. The molecule has 0 bridgehead atoms. The number of carbonyl (C=O) groups excluding carboxylic acids is 2. The fourth-order valence-corrected chi connectivity index (χ4v) is 2.07. The highest BCUT2D eigenvalue weighted by molar-refractivity contribution is 5.87. The summed E-state index contributed by atoms with van der Waals surface area (Å²) in [6.45, 7) is 2.69. The Kier molecular flexibility index (Phi) is 5.75. The van der Waals surface area contributed by atoms with Gasteiger partial charge in [0.1, 0.15) is 6.04 Å². The molecule has 1 rings (SSSR count). The minimum Gasteiger partial charge on any atom is -0.480 e. The molecule has 0 aromatic carbocycles. The van der Waals surface area contributed by atoms with Crippen LogP contribution in [0.5, 0.6) is 0 Å². The average Bonchev–Trinajstić information content (AvgIpc) is 2.79. The van der Waals surface area contributed by atoms with Crippen LogP contribution in [0, 0.1) is 5.92 Å². The molecule has 3 N–H and O–H groups in total. The van der Waals surface area contributed by atoms with Crippen molar-refractivity contribution in [1.29, 1.82) is 0 Å². The quantitative estimate of drug-likeness (QED) is 0.563. The zero-order chi connectivity index (χ0) is 14.4. The third kappa shape index (κ3) is 4.51. The van der Waals surface area contributed by atoms with E-state index in [9.17, 15) is 14.4 Å². The van der Waals surface area contributed by atoms with Crippen molar-refractivity contribution in [2.24, 2.45) is 5.92 Å². The van der Waals surface area contributed by atoms with Crippen molar-refractivity contribution in [3.8, 4) is 0 Å².